The summed E-state index contributed by atoms with van der Waals surface area (Å²) in [5.41, 5.74) is 4.40. The number of hydrogen-bond acceptors (Lipinski definition) is 3. The predicted octanol–water partition coefficient (Wildman–Crippen LogP) is 4.75. The number of halogens is 2. The number of nitrogens with zero attached hydrogens (tertiary/aromatic N) is 3. The van der Waals surface area contributed by atoms with Gasteiger partial charge >= 0.3 is 0 Å². The Hall–Kier alpha value is -1.75. The molecule has 0 saturated carbocycles. The largest absolute Gasteiger partial charge is 0.370 e. The van der Waals surface area contributed by atoms with Crippen molar-refractivity contribution in [1.82, 2.24) is 14.9 Å². The molecule has 0 amide bonds. The van der Waals surface area contributed by atoms with Crippen LogP contribution >= 0.6 is 23.2 Å². The summed E-state index contributed by atoms with van der Waals surface area (Å²) in [4.78, 5) is 7.00. The molecule has 4 nitrogen and oxygen atoms in total. The molecule has 3 aromatic rings. The molecule has 1 aliphatic rings. The zero-order valence-electron chi connectivity index (χ0n) is 14.9. The highest BCUT2D eigenvalue weighted by Crippen LogP contribution is 2.32. The smallest absolute Gasteiger partial charge is 0.0964 e. The Labute approximate surface area is 163 Å². The lowest BCUT2D eigenvalue weighted by molar-refractivity contribution is 0.617. The van der Waals surface area contributed by atoms with Crippen LogP contribution in [-0.2, 0) is 0 Å². The average Bonchev–Trinajstić information content (AvgIpc) is 3.27. The Morgan fingerprint density at radius 2 is 2.04 bits per heavy atom. The topological polar surface area (TPSA) is 33.1 Å². The van der Waals surface area contributed by atoms with Gasteiger partial charge in [-0.25, -0.2) is 4.98 Å². The fourth-order valence-electron chi connectivity index (χ4n) is 3.74. The molecule has 0 spiro atoms. The van der Waals surface area contributed by atoms with Crippen LogP contribution in [0.15, 0.2) is 42.7 Å². The van der Waals surface area contributed by atoms with Gasteiger partial charge in [0.05, 0.1) is 23.4 Å². The normalized spacial score (nSPS) is 18.6. The first-order chi connectivity index (χ1) is 12.6. The van der Waals surface area contributed by atoms with Crippen LogP contribution in [0.5, 0.6) is 0 Å². The minimum absolute atomic E-state index is 0.0728. The van der Waals surface area contributed by atoms with Gasteiger partial charge in [0, 0.05) is 34.9 Å². The number of imidazole rings is 1. The summed E-state index contributed by atoms with van der Waals surface area (Å²) in [6.45, 7) is 4.24. The van der Waals surface area contributed by atoms with E-state index in [0.29, 0.717) is 16.1 Å². The van der Waals surface area contributed by atoms with Gasteiger partial charge in [-0.05, 0) is 56.3 Å². The quantitative estimate of drug-likeness (QED) is 0.699. The van der Waals surface area contributed by atoms with Crippen molar-refractivity contribution < 1.29 is 0 Å². The minimum atomic E-state index is 0.0728. The molecule has 1 aliphatic heterocycles. The van der Waals surface area contributed by atoms with E-state index in [1.54, 1.807) is 6.07 Å². The maximum absolute atomic E-state index is 6.43. The number of anilines is 1. The summed E-state index contributed by atoms with van der Waals surface area (Å²) >= 11 is 12.5. The van der Waals surface area contributed by atoms with Gasteiger partial charge in [0.25, 0.3) is 0 Å². The van der Waals surface area contributed by atoms with Gasteiger partial charge < -0.3 is 14.8 Å². The van der Waals surface area contributed by atoms with Crippen molar-refractivity contribution in [3.05, 3.63) is 58.3 Å². The van der Waals surface area contributed by atoms with E-state index in [9.17, 15) is 0 Å². The summed E-state index contributed by atoms with van der Waals surface area (Å²) in [5.74, 6) is 0. The van der Waals surface area contributed by atoms with Crippen molar-refractivity contribution in [1.29, 1.82) is 0 Å². The number of nitrogens with one attached hydrogen (secondary N) is 1. The van der Waals surface area contributed by atoms with Crippen molar-refractivity contribution in [3.8, 4) is 0 Å². The van der Waals surface area contributed by atoms with Crippen molar-refractivity contribution in [3.63, 3.8) is 0 Å². The van der Waals surface area contributed by atoms with Gasteiger partial charge in [-0.2, -0.15) is 0 Å². The number of benzene rings is 2. The highest BCUT2D eigenvalue weighted by molar-refractivity contribution is 6.35. The monoisotopic (exact) mass is 388 g/mol. The second kappa shape index (κ2) is 7.10. The molecular formula is C20H22Cl2N4. The molecular weight excluding hydrogens is 367 g/mol. The lowest BCUT2D eigenvalue weighted by atomic mass is 10.1. The van der Waals surface area contributed by atoms with Gasteiger partial charge in [-0.15, -0.1) is 0 Å². The first-order valence-electron chi connectivity index (χ1n) is 8.90. The van der Waals surface area contributed by atoms with Crippen molar-refractivity contribution >= 4 is 39.9 Å². The maximum atomic E-state index is 6.43. The molecule has 26 heavy (non-hydrogen) atoms. The van der Waals surface area contributed by atoms with E-state index in [1.165, 1.54) is 12.1 Å². The molecule has 2 atom stereocenters. The Kier molecular flexibility index (Phi) is 4.82. The second-order valence-corrected chi connectivity index (χ2v) is 7.73. The summed E-state index contributed by atoms with van der Waals surface area (Å²) < 4.78 is 2.18. The summed E-state index contributed by atoms with van der Waals surface area (Å²) in [7, 11) is 2.03. The van der Waals surface area contributed by atoms with Crippen LogP contribution in [0.2, 0.25) is 10.0 Å². The Morgan fingerprint density at radius 1 is 1.19 bits per heavy atom. The van der Waals surface area contributed by atoms with Crippen LogP contribution in [-0.4, -0.2) is 35.7 Å². The second-order valence-electron chi connectivity index (χ2n) is 6.89. The van der Waals surface area contributed by atoms with Gasteiger partial charge in [0.1, 0.15) is 0 Å². The molecule has 1 saturated heterocycles. The minimum Gasteiger partial charge on any atom is -0.370 e. The molecule has 136 valence electrons. The fraction of sp³-hybridized carbons (Fsp3) is 0.350. The van der Waals surface area contributed by atoms with Crippen LogP contribution in [0.1, 0.15) is 24.9 Å². The number of aromatic nitrogens is 2. The van der Waals surface area contributed by atoms with Gasteiger partial charge in [-0.3, -0.25) is 0 Å². The fourth-order valence-corrected chi connectivity index (χ4v) is 4.31. The van der Waals surface area contributed by atoms with E-state index >= 15 is 0 Å². The SMILES string of the molecule is CNC1CCN(c2ccc3ncn(C(C)c4ccc(Cl)cc4Cl)c3c2)C1. The Morgan fingerprint density at radius 3 is 2.77 bits per heavy atom. The van der Waals surface area contributed by atoms with E-state index in [0.717, 1.165) is 29.7 Å². The summed E-state index contributed by atoms with van der Waals surface area (Å²) in [6, 6.07) is 12.8. The van der Waals surface area contributed by atoms with E-state index in [4.69, 9.17) is 23.2 Å². The molecule has 6 heteroatoms. The highest BCUT2D eigenvalue weighted by atomic mass is 35.5. The molecule has 4 rings (SSSR count). The van der Waals surface area contributed by atoms with Crippen LogP contribution in [0, 0.1) is 0 Å². The van der Waals surface area contributed by atoms with Crippen molar-refractivity contribution in [2.75, 3.05) is 25.0 Å². The van der Waals surface area contributed by atoms with E-state index in [-0.39, 0.29) is 6.04 Å². The zero-order valence-corrected chi connectivity index (χ0v) is 16.4. The van der Waals surface area contributed by atoms with Crippen molar-refractivity contribution in [2.45, 2.75) is 25.4 Å². The molecule has 2 unspecified atom stereocenters. The number of hydrogen-bond donors (Lipinski definition) is 1. The molecule has 1 fully saturated rings. The van der Waals surface area contributed by atoms with Crippen LogP contribution in [0.4, 0.5) is 5.69 Å². The van der Waals surface area contributed by atoms with Crippen LogP contribution < -0.4 is 10.2 Å². The van der Waals surface area contributed by atoms with E-state index < -0.39 is 0 Å². The number of likely N-dealkylation sites (N-methyl/N-ethyl adjacent to an activating group) is 1. The molecule has 1 aromatic heterocycles. The highest BCUT2D eigenvalue weighted by Gasteiger charge is 2.22. The molecule has 0 radical (unpaired) electrons. The zero-order chi connectivity index (χ0) is 18.3. The Bertz CT molecular complexity index is 937. The summed E-state index contributed by atoms with van der Waals surface area (Å²) in [6.07, 6.45) is 3.06. The molecule has 2 heterocycles. The third kappa shape index (κ3) is 3.18. The van der Waals surface area contributed by atoms with Crippen molar-refractivity contribution in [2.24, 2.45) is 0 Å². The third-order valence-corrected chi connectivity index (χ3v) is 5.91. The number of rotatable bonds is 4. The lowest BCUT2D eigenvalue weighted by Crippen LogP contribution is -2.29. The predicted molar refractivity (Wildman–Crippen MR) is 110 cm³/mol. The first-order valence-corrected chi connectivity index (χ1v) is 9.66. The van der Waals surface area contributed by atoms with Gasteiger partial charge in [0.2, 0.25) is 0 Å². The van der Waals surface area contributed by atoms with E-state index in [2.05, 4.69) is 44.9 Å². The molecule has 2 aromatic carbocycles. The van der Waals surface area contributed by atoms with E-state index in [1.807, 2.05) is 25.5 Å². The summed E-state index contributed by atoms with van der Waals surface area (Å²) in [5, 5.41) is 4.70. The third-order valence-electron chi connectivity index (χ3n) is 5.35. The first kappa shape index (κ1) is 17.7. The lowest BCUT2D eigenvalue weighted by Gasteiger charge is -2.20. The maximum Gasteiger partial charge on any atom is 0.0964 e. The molecule has 1 N–H and O–H groups in total. The van der Waals surface area contributed by atoms with Gasteiger partial charge in [0.15, 0.2) is 0 Å². The van der Waals surface area contributed by atoms with Gasteiger partial charge in [-0.1, -0.05) is 29.3 Å². The van der Waals surface area contributed by atoms with Crippen LogP contribution in [0.25, 0.3) is 11.0 Å². The Balaban J connectivity index is 1.70. The standard InChI is InChI=1S/C20H22Cl2N4/c1-13(17-5-3-14(21)9-18(17)22)26-12-24-19-6-4-16(10-20(19)26)25-8-7-15(11-25)23-2/h3-6,9-10,12-13,15,23H,7-8,11H2,1-2H3. The molecule has 0 bridgehead atoms. The van der Waals surface area contributed by atoms with Crippen LogP contribution in [0.3, 0.4) is 0 Å². The average molecular weight is 389 g/mol. The number of fused-ring (bicyclic) bond motifs is 1. The molecule has 0 aliphatic carbocycles.